The standard InChI is InChI=1S/C18H18N4OS/c1-2-24-18-20-10-14(11-21-18)17-19-7-8-22(17)15-9-13-5-3-4-6-16(13)23-12-15/h3-8,10-11,15H,2,9,12H2,1H3. The zero-order valence-electron chi connectivity index (χ0n) is 13.4. The van der Waals surface area contributed by atoms with Gasteiger partial charge in [-0.05, 0) is 17.4 Å². The molecule has 1 atom stereocenters. The molecule has 2 aromatic heterocycles. The summed E-state index contributed by atoms with van der Waals surface area (Å²) < 4.78 is 8.09. The Balaban J connectivity index is 1.61. The summed E-state index contributed by atoms with van der Waals surface area (Å²) in [5.74, 6) is 2.84. The van der Waals surface area contributed by atoms with Crippen LogP contribution in [0.25, 0.3) is 11.4 Å². The van der Waals surface area contributed by atoms with E-state index in [0.29, 0.717) is 6.61 Å². The molecule has 0 bridgehead atoms. The van der Waals surface area contributed by atoms with E-state index in [9.17, 15) is 0 Å². The quantitative estimate of drug-likeness (QED) is 0.537. The summed E-state index contributed by atoms with van der Waals surface area (Å²) >= 11 is 1.64. The molecule has 0 saturated carbocycles. The molecule has 1 aliphatic rings. The van der Waals surface area contributed by atoms with Crippen molar-refractivity contribution in [2.75, 3.05) is 12.4 Å². The molecule has 0 saturated heterocycles. The van der Waals surface area contributed by atoms with Gasteiger partial charge in [-0.1, -0.05) is 36.9 Å². The number of imidazole rings is 1. The molecule has 122 valence electrons. The molecule has 1 aliphatic heterocycles. The van der Waals surface area contributed by atoms with Crippen molar-refractivity contribution in [1.29, 1.82) is 0 Å². The minimum Gasteiger partial charge on any atom is -0.491 e. The van der Waals surface area contributed by atoms with E-state index in [1.54, 1.807) is 11.8 Å². The van der Waals surface area contributed by atoms with Crippen LogP contribution in [0.4, 0.5) is 0 Å². The molecule has 0 fully saturated rings. The molecule has 3 heterocycles. The Labute approximate surface area is 145 Å². The van der Waals surface area contributed by atoms with Crippen molar-refractivity contribution in [3.63, 3.8) is 0 Å². The molecule has 4 rings (SSSR count). The van der Waals surface area contributed by atoms with E-state index in [-0.39, 0.29) is 6.04 Å². The fourth-order valence-corrected chi connectivity index (χ4v) is 3.47. The predicted molar refractivity (Wildman–Crippen MR) is 94.3 cm³/mol. The van der Waals surface area contributed by atoms with Crippen molar-refractivity contribution in [3.8, 4) is 17.1 Å². The van der Waals surface area contributed by atoms with Crippen molar-refractivity contribution in [3.05, 3.63) is 54.6 Å². The van der Waals surface area contributed by atoms with Gasteiger partial charge in [0, 0.05) is 31.2 Å². The molecule has 0 aliphatic carbocycles. The number of fused-ring (bicyclic) bond motifs is 1. The highest BCUT2D eigenvalue weighted by Gasteiger charge is 2.23. The maximum atomic E-state index is 5.92. The summed E-state index contributed by atoms with van der Waals surface area (Å²) in [4.78, 5) is 13.3. The molecular weight excluding hydrogens is 320 g/mol. The third-order valence-corrected chi connectivity index (χ3v) is 4.84. The average Bonchev–Trinajstić information content (AvgIpc) is 3.12. The first kappa shape index (κ1) is 15.2. The molecule has 1 aromatic carbocycles. The summed E-state index contributed by atoms with van der Waals surface area (Å²) in [5.41, 5.74) is 2.17. The Morgan fingerprint density at radius 3 is 2.88 bits per heavy atom. The molecule has 0 radical (unpaired) electrons. The Kier molecular flexibility index (Phi) is 4.21. The molecule has 24 heavy (non-hydrogen) atoms. The highest BCUT2D eigenvalue weighted by Crippen LogP contribution is 2.31. The second-order valence-electron chi connectivity index (χ2n) is 5.62. The topological polar surface area (TPSA) is 52.8 Å². The number of nitrogens with zero attached hydrogens (tertiary/aromatic N) is 4. The Morgan fingerprint density at radius 1 is 1.21 bits per heavy atom. The summed E-state index contributed by atoms with van der Waals surface area (Å²) in [6.45, 7) is 2.74. The third-order valence-electron chi connectivity index (χ3n) is 4.08. The molecule has 0 amide bonds. The van der Waals surface area contributed by atoms with Crippen LogP contribution in [0.3, 0.4) is 0 Å². The number of hydrogen-bond acceptors (Lipinski definition) is 5. The summed E-state index contributed by atoms with van der Waals surface area (Å²) in [6, 6.07) is 8.44. The Bertz CT molecular complexity index is 831. The molecule has 1 unspecified atom stereocenters. The normalized spacial score (nSPS) is 16.5. The molecule has 6 heteroatoms. The largest absolute Gasteiger partial charge is 0.491 e. The zero-order chi connectivity index (χ0) is 16.4. The summed E-state index contributed by atoms with van der Waals surface area (Å²) in [6.07, 6.45) is 8.46. The van der Waals surface area contributed by atoms with E-state index >= 15 is 0 Å². The van der Waals surface area contributed by atoms with Crippen LogP contribution in [0.2, 0.25) is 0 Å². The lowest BCUT2D eigenvalue weighted by Crippen LogP contribution is -2.24. The number of thioether (sulfide) groups is 1. The van der Waals surface area contributed by atoms with Crippen LogP contribution < -0.4 is 4.74 Å². The van der Waals surface area contributed by atoms with Gasteiger partial charge in [-0.2, -0.15) is 0 Å². The maximum absolute atomic E-state index is 5.92. The van der Waals surface area contributed by atoms with Crippen molar-refractivity contribution >= 4 is 11.8 Å². The second kappa shape index (κ2) is 6.65. The molecular formula is C18H18N4OS. The molecule has 0 spiro atoms. The highest BCUT2D eigenvalue weighted by molar-refractivity contribution is 7.99. The van der Waals surface area contributed by atoms with Gasteiger partial charge in [0.1, 0.15) is 18.2 Å². The van der Waals surface area contributed by atoms with Crippen LogP contribution in [-0.2, 0) is 6.42 Å². The fourth-order valence-electron chi connectivity index (χ4n) is 2.96. The SMILES string of the molecule is CCSc1ncc(-c2nccn2C2COc3ccccc3C2)cn1. The number of benzene rings is 1. The smallest absolute Gasteiger partial charge is 0.187 e. The lowest BCUT2D eigenvalue weighted by Gasteiger charge is -2.27. The van der Waals surface area contributed by atoms with E-state index in [4.69, 9.17) is 4.74 Å². The molecule has 0 N–H and O–H groups in total. The van der Waals surface area contributed by atoms with E-state index in [1.807, 2.05) is 36.9 Å². The lowest BCUT2D eigenvalue weighted by atomic mass is 10.0. The lowest BCUT2D eigenvalue weighted by molar-refractivity contribution is 0.225. The van der Waals surface area contributed by atoms with Gasteiger partial charge in [0.15, 0.2) is 5.16 Å². The summed E-state index contributed by atoms with van der Waals surface area (Å²) in [7, 11) is 0. The van der Waals surface area contributed by atoms with Crippen LogP contribution in [0.1, 0.15) is 18.5 Å². The van der Waals surface area contributed by atoms with Crippen LogP contribution >= 0.6 is 11.8 Å². The summed E-state index contributed by atoms with van der Waals surface area (Å²) in [5, 5.41) is 0.800. The van der Waals surface area contributed by atoms with Crippen molar-refractivity contribution in [1.82, 2.24) is 19.5 Å². The van der Waals surface area contributed by atoms with Gasteiger partial charge < -0.3 is 9.30 Å². The van der Waals surface area contributed by atoms with Crippen LogP contribution in [0.15, 0.2) is 54.2 Å². The maximum Gasteiger partial charge on any atom is 0.187 e. The van der Waals surface area contributed by atoms with Gasteiger partial charge in [-0.15, -0.1) is 0 Å². The van der Waals surface area contributed by atoms with E-state index < -0.39 is 0 Å². The van der Waals surface area contributed by atoms with E-state index in [0.717, 1.165) is 34.5 Å². The Hall–Kier alpha value is -2.34. The first-order valence-electron chi connectivity index (χ1n) is 8.04. The van der Waals surface area contributed by atoms with Crippen molar-refractivity contribution in [2.45, 2.75) is 24.5 Å². The van der Waals surface area contributed by atoms with Crippen molar-refractivity contribution < 1.29 is 4.74 Å². The number of hydrogen-bond donors (Lipinski definition) is 0. The fraction of sp³-hybridized carbons (Fsp3) is 0.278. The number of aromatic nitrogens is 4. The first-order chi connectivity index (χ1) is 11.8. The predicted octanol–water partition coefficient (Wildman–Crippen LogP) is 3.63. The van der Waals surface area contributed by atoms with Gasteiger partial charge in [0.2, 0.25) is 0 Å². The van der Waals surface area contributed by atoms with Gasteiger partial charge in [0.05, 0.1) is 11.6 Å². The number of ether oxygens (including phenoxy) is 1. The van der Waals surface area contributed by atoms with E-state index in [1.165, 1.54) is 5.56 Å². The van der Waals surface area contributed by atoms with Crippen LogP contribution in [0.5, 0.6) is 5.75 Å². The van der Waals surface area contributed by atoms with Crippen LogP contribution in [-0.4, -0.2) is 31.9 Å². The monoisotopic (exact) mass is 338 g/mol. The average molecular weight is 338 g/mol. The van der Waals surface area contributed by atoms with E-state index in [2.05, 4.69) is 38.6 Å². The highest BCUT2D eigenvalue weighted by atomic mass is 32.2. The minimum absolute atomic E-state index is 0.224. The van der Waals surface area contributed by atoms with Crippen molar-refractivity contribution in [2.24, 2.45) is 0 Å². The molecule has 5 nitrogen and oxygen atoms in total. The second-order valence-corrected chi connectivity index (χ2v) is 6.85. The minimum atomic E-state index is 0.224. The van der Waals surface area contributed by atoms with Gasteiger partial charge in [-0.25, -0.2) is 15.0 Å². The zero-order valence-corrected chi connectivity index (χ0v) is 14.2. The number of para-hydroxylation sites is 1. The van der Waals surface area contributed by atoms with Crippen LogP contribution in [0, 0.1) is 0 Å². The van der Waals surface area contributed by atoms with Gasteiger partial charge >= 0.3 is 0 Å². The third kappa shape index (κ3) is 2.89. The number of rotatable bonds is 4. The van der Waals surface area contributed by atoms with Gasteiger partial charge in [-0.3, -0.25) is 0 Å². The Morgan fingerprint density at radius 2 is 2.04 bits per heavy atom. The first-order valence-corrected chi connectivity index (χ1v) is 9.02. The molecule has 3 aromatic rings. The van der Waals surface area contributed by atoms with Gasteiger partial charge in [0.25, 0.3) is 0 Å².